The summed E-state index contributed by atoms with van der Waals surface area (Å²) in [6.45, 7) is 0. The molecule has 6 aromatic carbocycles. The summed E-state index contributed by atoms with van der Waals surface area (Å²) in [5, 5.41) is 36.5. The lowest BCUT2D eigenvalue weighted by Crippen LogP contribution is -2.39. The van der Waals surface area contributed by atoms with E-state index in [0.717, 1.165) is 64.1 Å². The van der Waals surface area contributed by atoms with Gasteiger partial charge in [-0.15, -0.1) is 21.5 Å². The number of hydrogen-bond donors (Lipinski definition) is 2. The van der Waals surface area contributed by atoms with E-state index in [1.807, 2.05) is 42.5 Å². The predicted molar refractivity (Wildman–Crippen MR) is 232 cm³/mol. The number of thiophene rings is 1. The summed E-state index contributed by atoms with van der Waals surface area (Å²) in [7, 11) is 0. The van der Waals surface area contributed by atoms with E-state index >= 15 is 0 Å². The molecule has 9 heteroatoms. The highest BCUT2D eigenvalue weighted by Crippen LogP contribution is 2.38. The molecule has 6 nitrogen and oxygen atoms in total. The van der Waals surface area contributed by atoms with Crippen molar-refractivity contribution in [3.63, 3.8) is 0 Å². The van der Waals surface area contributed by atoms with Crippen molar-refractivity contribution in [3.05, 3.63) is 168 Å². The number of hydrogen-bond acceptors (Lipinski definition) is 8. The second-order valence-corrected chi connectivity index (χ2v) is 16.2. The van der Waals surface area contributed by atoms with E-state index in [0.29, 0.717) is 15.8 Å². The van der Waals surface area contributed by atoms with Crippen LogP contribution < -0.4 is 5.41 Å². The van der Waals surface area contributed by atoms with Crippen LogP contribution in [0.1, 0.15) is 10.6 Å². The van der Waals surface area contributed by atoms with Crippen molar-refractivity contribution in [2.24, 2.45) is 0 Å². The van der Waals surface area contributed by atoms with Crippen LogP contribution in [-0.4, -0.2) is 30.3 Å². The number of pyridine rings is 2. The average molecular weight is 762 g/mol. The van der Waals surface area contributed by atoms with Gasteiger partial charge in [0.15, 0.2) is 10.0 Å². The molecule has 0 saturated heterocycles. The first kappa shape index (κ1) is 33.2. The first-order valence-electron chi connectivity index (χ1n) is 17.7. The lowest BCUT2D eigenvalue weighted by Gasteiger charge is -2.11. The second-order valence-electron chi connectivity index (χ2n) is 13.1. The summed E-state index contributed by atoms with van der Waals surface area (Å²) in [6.07, 6.45) is 0. The minimum absolute atomic E-state index is 0.346. The molecular weight excluding hydrogens is 733 g/mol. The molecule has 0 amide bonds. The molecule has 55 heavy (non-hydrogen) atoms. The first-order valence-corrected chi connectivity index (χ1v) is 20.1. The Bertz CT molecular complexity index is 3150. The van der Waals surface area contributed by atoms with Crippen molar-refractivity contribution in [1.29, 1.82) is 5.41 Å². The van der Waals surface area contributed by atoms with Crippen LogP contribution in [0.5, 0.6) is 0 Å². The van der Waals surface area contributed by atoms with Gasteiger partial charge in [0, 0.05) is 22.9 Å². The molecule has 10 rings (SSSR count). The zero-order valence-corrected chi connectivity index (χ0v) is 31.6. The quantitative estimate of drug-likeness (QED) is 0.0998. The van der Waals surface area contributed by atoms with Gasteiger partial charge in [0.1, 0.15) is 16.4 Å². The number of fused-ring (bicyclic) bond motifs is 6. The summed E-state index contributed by atoms with van der Waals surface area (Å²) >= 11 is 4.20. The van der Waals surface area contributed by atoms with Crippen molar-refractivity contribution >= 4 is 87.6 Å². The fourth-order valence-electron chi connectivity index (χ4n) is 7.17. The highest BCUT2D eigenvalue weighted by atomic mass is 32.2. The zero-order chi connectivity index (χ0) is 36.9. The third kappa shape index (κ3) is 6.08. The third-order valence-corrected chi connectivity index (χ3v) is 12.9. The number of nitrogens with one attached hydrogen (secondary N) is 1. The van der Waals surface area contributed by atoms with Crippen LogP contribution in [0.3, 0.4) is 0 Å². The van der Waals surface area contributed by atoms with Gasteiger partial charge in [-0.3, -0.25) is 5.41 Å². The molecule has 10 aromatic rings. The Morgan fingerprint density at radius 3 is 1.67 bits per heavy atom. The van der Waals surface area contributed by atoms with Crippen molar-refractivity contribution in [1.82, 2.24) is 20.2 Å². The van der Waals surface area contributed by atoms with Crippen LogP contribution in [0, 0.1) is 5.41 Å². The van der Waals surface area contributed by atoms with E-state index < -0.39 is 0 Å². The monoisotopic (exact) mass is 761 g/mol. The van der Waals surface area contributed by atoms with Crippen LogP contribution >= 0.6 is 34.4 Å². The van der Waals surface area contributed by atoms with E-state index in [1.54, 1.807) is 0 Å². The molecule has 4 heterocycles. The fraction of sp³-hybridized carbons (Fsp3) is 0. The van der Waals surface area contributed by atoms with Gasteiger partial charge in [0.05, 0.1) is 21.1 Å². The van der Waals surface area contributed by atoms with E-state index in [1.165, 1.54) is 61.4 Å². The van der Waals surface area contributed by atoms with Crippen molar-refractivity contribution in [2.45, 2.75) is 0 Å². The molecule has 0 radical (unpaired) electrons. The van der Waals surface area contributed by atoms with Gasteiger partial charge in [-0.2, -0.15) is 0 Å². The highest BCUT2D eigenvalue weighted by Gasteiger charge is 2.20. The Kier molecular flexibility index (Phi) is 8.32. The predicted octanol–water partition coefficient (Wildman–Crippen LogP) is 10.9. The Morgan fingerprint density at radius 2 is 1.02 bits per heavy atom. The minimum Gasteiger partial charge on any atom is -0.292 e. The molecule has 0 spiro atoms. The van der Waals surface area contributed by atoms with Gasteiger partial charge in [0.25, 0.3) is 5.04 Å². The Morgan fingerprint density at radius 1 is 0.491 bits per heavy atom. The van der Waals surface area contributed by atoms with Crippen molar-refractivity contribution in [2.75, 3.05) is 0 Å². The average Bonchev–Trinajstić information content (AvgIpc) is 3.95. The molecular formula is C46H29N6S3+. The van der Waals surface area contributed by atoms with Gasteiger partial charge in [-0.25, -0.2) is 15.4 Å². The first-order chi connectivity index (χ1) is 27.1. The molecule has 0 saturated carbocycles. The maximum absolute atomic E-state index is 8.96. The number of benzene rings is 6. The molecule has 0 aliphatic rings. The lowest BCUT2D eigenvalue weighted by atomic mass is 9.95. The maximum Gasteiger partial charge on any atom is 0.263 e. The summed E-state index contributed by atoms with van der Waals surface area (Å²) in [5.74, 6) is 0. The number of aromatic nitrogens is 4. The van der Waals surface area contributed by atoms with Gasteiger partial charge in [-0.1, -0.05) is 121 Å². The zero-order valence-electron chi connectivity index (χ0n) is 29.1. The fourth-order valence-corrected chi connectivity index (χ4v) is 9.74. The van der Waals surface area contributed by atoms with Gasteiger partial charge in [0.2, 0.25) is 0 Å². The van der Waals surface area contributed by atoms with E-state index in [2.05, 4.69) is 125 Å². The van der Waals surface area contributed by atoms with Crippen molar-refractivity contribution in [3.8, 4) is 43.1 Å². The summed E-state index contributed by atoms with van der Waals surface area (Å²) in [4.78, 5) is 11.8. The topological polar surface area (TPSA) is 101 Å². The molecule has 3 N–H and O–H groups in total. The van der Waals surface area contributed by atoms with E-state index in [-0.39, 0.29) is 0 Å². The number of nitrogens with two attached hydrogens (primary N) is 1. The van der Waals surface area contributed by atoms with E-state index in [9.17, 15) is 0 Å². The Hall–Kier alpha value is -6.39. The minimum atomic E-state index is 0.346. The normalized spacial score (nSPS) is 11.5. The highest BCUT2D eigenvalue weighted by molar-refractivity contribution is 8.27. The van der Waals surface area contributed by atoms with Gasteiger partial charge >= 0.3 is 0 Å². The lowest BCUT2D eigenvalue weighted by molar-refractivity contribution is -0.107. The van der Waals surface area contributed by atoms with Crippen LogP contribution in [0.15, 0.2) is 158 Å². The Balaban J connectivity index is 0.887. The third-order valence-electron chi connectivity index (χ3n) is 9.74. The molecule has 0 fully saturated rings. The maximum atomic E-state index is 8.96. The van der Waals surface area contributed by atoms with Crippen LogP contribution in [0.25, 0.3) is 86.2 Å². The molecule has 0 bridgehead atoms. The summed E-state index contributed by atoms with van der Waals surface area (Å²) < 4.78 is 0. The molecule has 0 aliphatic heterocycles. The molecule has 0 aliphatic carbocycles. The number of nitrogens with zero attached hydrogens (tertiary/aromatic N) is 4. The van der Waals surface area contributed by atoms with Gasteiger partial charge < -0.3 is 0 Å². The van der Waals surface area contributed by atoms with Crippen LogP contribution in [0.2, 0.25) is 0 Å². The Labute approximate surface area is 328 Å². The number of thioether (sulfide) groups is 1. The molecule has 0 atom stereocenters. The smallest absolute Gasteiger partial charge is 0.263 e. The SMILES string of the molecule is N=C(SC(=[NH2+])c1cccc(-c2cc3ccccc3c3ccccc23)n1)c1ccc(-c2nnc(-c3cccc(-c4cc5ccccc5c5ccccc45)n3)s2)s1. The number of rotatable bonds is 6. The molecule has 0 unspecified atom stereocenters. The molecule has 4 aromatic heterocycles. The van der Waals surface area contributed by atoms with Crippen LogP contribution in [0.4, 0.5) is 0 Å². The van der Waals surface area contributed by atoms with Gasteiger partial charge in [-0.05, 0) is 91.6 Å². The summed E-state index contributed by atoms with van der Waals surface area (Å²) in [6, 6.07) is 54.1. The summed E-state index contributed by atoms with van der Waals surface area (Å²) in [5.41, 5.74) is 5.27. The van der Waals surface area contributed by atoms with Crippen molar-refractivity contribution < 1.29 is 5.41 Å². The second kappa shape index (κ2) is 13.8. The van der Waals surface area contributed by atoms with Crippen LogP contribution in [-0.2, 0) is 0 Å². The van der Waals surface area contributed by atoms with E-state index in [4.69, 9.17) is 20.8 Å². The largest absolute Gasteiger partial charge is 0.292 e. The standard InChI is InChI=1S/C46H28N6S3/c47-43(39-21-9-19-37(49-39)35-25-27-11-1-3-13-29(27)31-15-5-7-17-33(31)35)54-44(48)41-23-24-42(53-41)46-52-51-45(55-46)40-22-10-20-38(50-40)36-26-28-12-2-4-14-30(28)32-16-6-8-18-34(32)36/h1-26,47-48H/p+1. The molecule has 260 valence electrons.